The molecule has 0 aromatic rings. The Labute approximate surface area is 314 Å². The molecule has 0 N–H and O–H groups in total. The van der Waals surface area contributed by atoms with Crippen molar-refractivity contribution < 1.29 is 38.2 Å². The number of carbonyl (C=O) groups excluding carboxylic acids is 3. The largest absolute Gasteiger partial charge is 0.544 e. The standard InChI is InChI=1S/C43H81NO7/c1-6-8-10-12-14-16-18-19-20-21-22-23-24-26-28-30-32-34-42(46)51-39(37-49-36-35-40(43(47)48)44(3,4)5)38-50-41(45)33-31-29-27-25-17-15-13-11-9-7-2/h19-20,39-40H,6-18,21-38H2,1-5H3/b20-19-. The Bertz CT molecular complexity index is 854. The molecule has 2 atom stereocenters. The fourth-order valence-electron chi connectivity index (χ4n) is 6.30. The van der Waals surface area contributed by atoms with Crippen molar-refractivity contribution in [3.63, 3.8) is 0 Å². The fraction of sp³-hybridized carbons (Fsp3) is 0.884. The second kappa shape index (κ2) is 35.1. The number of quaternary nitrogens is 1. The maximum atomic E-state index is 12.7. The molecule has 0 saturated heterocycles. The number of esters is 2. The lowest BCUT2D eigenvalue weighted by atomic mass is 10.1. The first kappa shape index (κ1) is 49.1. The Hall–Kier alpha value is -1.93. The number of carboxylic acid groups (broad SMARTS) is 1. The molecule has 0 aliphatic rings. The number of hydrogen-bond donors (Lipinski definition) is 0. The number of ether oxygens (including phenoxy) is 3. The Morgan fingerprint density at radius 3 is 1.41 bits per heavy atom. The summed E-state index contributed by atoms with van der Waals surface area (Å²) in [5, 5.41) is 11.6. The molecule has 0 rings (SSSR count). The normalized spacial score (nSPS) is 13.0. The second-order valence-corrected chi connectivity index (χ2v) is 15.6. The Morgan fingerprint density at radius 2 is 0.980 bits per heavy atom. The van der Waals surface area contributed by atoms with Crippen LogP contribution in [0.25, 0.3) is 0 Å². The smallest absolute Gasteiger partial charge is 0.306 e. The molecule has 0 radical (unpaired) electrons. The molecular formula is C43H81NO7. The summed E-state index contributed by atoms with van der Waals surface area (Å²) >= 11 is 0. The molecule has 0 aliphatic carbocycles. The lowest BCUT2D eigenvalue weighted by molar-refractivity contribution is -0.889. The van der Waals surface area contributed by atoms with Crippen LogP contribution in [-0.4, -0.2) is 75.5 Å². The van der Waals surface area contributed by atoms with Crippen molar-refractivity contribution in [1.29, 1.82) is 0 Å². The van der Waals surface area contributed by atoms with Crippen molar-refractivity contribution in [2.45, 2.75) is 206 Å². The predicted octanol–water partition coefficient (Wildman–Crippen LogP) is 9.80. The summed E-state index contributed by atoms with van der Waals surface area (Å²) in [6, 6.07) is -0.721. The molecule has 8 heteroatoms. The van der Waals surface area contributed by atoms with E-state index in [1.54, 1.807) is 21.1 Å². The predicted molar refractivity (Wildman–Crippen MR) is 208 cm³/mol. The van der Waals surface area contributed by atoms with Crippen LogP contribution < -0.4 is 5.11 Å². The van der Waals surface area contributed by atoms with E-state index in [-0.39, 0.29) is 42.7 Å². The van der Waals surface area contributed by atoms with E-state index in [1.807, 2.05) is 0 Å². The third kappa shape index (κ3) is 33.6. The monoisotopic (exact) mass is 724 g/mol. The maximum Gasteiger partial charge on any atom is 0.306 e. The van der Waals surface area contributed by atoms with Crippen LogP contribution in [0.4, 0.5) is 0 Å². The van der Waals surface area contributed by atoms with Gasteiger partial charge in [0, 0.05) is 19.3 Å². The summed E-state index contributed by atoms with van der Waals surface area (Å²) in [6.07, 6.45) is 35.1. The molecule has 0 aliphatic heterocycles. The molecule has 0 bridgehead atoms. The zero-order valence-electron chi connectivity index (χ0n) is 34.0. The van der Waals surface area contributed by atoms with Crippen LogP contribution in [0.15, 0.2) is 12.2 Å². The number of aliphatic carboxylic acids is 1. The van der Waals surface area contributed by atoms with E-state index in [0.29, 0.717) is 12.8 Å². The summed E-state index contributed by atoms with van der Waals surface area (Å²) in [5.41, 5.74) is 0. The van der Waals surface area contributed by atoms with E-state index in [2.05, 4.69) is 26.0 Å². The number of unbranched alkanes of at least 4 members (excludes halogenated alkanes) is 22. The van der Waals surface area contributed by atoms with Gasteiger partial charge in [0.2, 0.25) is 0 Å². The molecule has 0 amide bonds. The van der Waals surface area contributed by atoms with Gasteiger partial charge in [-0.05, 0) is 38.5 Å². The van der Waals surface area contributed by atoms with Crippen LogP contribution in [0.2, 0.25) is 0 Å². The van der Waals surface area contributed by atoms with Crippen molar-refractivity contribution in [2.24, 2.45) is 0 Å². The number of carbonyl (C=O) groups is 3. The quantitative estimate of drug-likeness (QED) is 0.0271. The molecule has 2 unspecified atom stereocenters. The number of nitrogens with zero attached hydrogens (tertiary/aromatic N) is 1. The third-order valence-corrected chi connectivity index (χ3v) is 9.65. The molecular weight excluding hydrogens is 642 g/mol. The van der Waals surface area contributed by atoms with E-state index in [4.69, 9.17) is 14.2 Å². The van der Waals surface area contributed by atoms with Gasteiger partial charge in [-0.1, -0.05) is 148 Å². The van der Waals surface area contributed by atoms with Gasteiger partial charge in [-0.2, -0.15) is 0 Å². The number of allylic oxidation sites excluding steroid dienone is 2. The molecule has 51 heavy (non-hydrogen) atoms. The van der Waals surface area contributed by atoms with Crippen LogP contribution in [0, 0.1) is 0 Å². The van der Waals surface area contributed by atoms with Crippen LogP contribution >= 0.6 is 0 Å². The fourth-order valence-corrected chi connectivity index (χ4v) is 6.30. The zero-order valence-corrected chi connectivity index (χ0v) is 34.0. The molecule has 0 heterocycles. The minimum Gasteiger partial charge on any atom is -0.544 e. The lowest BCUT2D eigenvalue weighted by Gasteiger charge is -2.34. The van der Waals surface area contributed by atoms with Crippen LogP contribution in [-0.2, 0) is 28.6 Å². The minimum absolute atomic E-state index is 0.0441. The number of rotatable bonds is 38. The van der Waals surface area contributed by atoms with Crippen molar-refractivity contribution in [2.75, 3.05) is 41.0 Å². The van der Waals surface area contributed by atoms with Gasteiger partial charge in [-0.25, -0.2) is 0 Å². The van der Waals surface area contributed by atoms with Crippen LogP contribution in [0.3, 0.4) is 0 Å². The molecule has 0 fully saturated rings. The van der Waals surface area contributed by atoms with Crippen molar-refractivity contribution in [3.8, 4) is 0 Å². The number of hydrogen-bond acceptors (Lipinski definition) is 7. The number of carboxylic acids is 1. The Morgan fingerprint density at radius 1 is 0.569 bits per heavy atom. The molecule has 0 aromatic carbocycles. The van der Waals surface area contributed by atoms with E-state index in [9.17, 15) is 19.5 Å². The third-order valence-electron chi connectivity index (χ3n) is 9.65. The van der Waals surface area contributed by atoms with Gasteiger partial charge in [0.15, 0.2) is 6.10 Å². The molecule has 0 spiro atoms. The zero-order chi connectivity index (χ0) is 37.8. The topological polar surface area (TPSA) is 102 Å². The first-order valence-electron chi connectivity index (χ1n) is 21.2. The first-order chi connectivity index (χ1) is 24.6. The molecule has 300 valence electrons. The summed E-state index contributed by atoms with van der Waals surface area (Å²) in [5.74, 6) is -1.73. The van der Waals surface area contributed by atoms with Gasteiger partial charge < -0.3 is 28.6 Å². The van der Waals surface area contributed by atoms with Crippen LogP contribution in [0.5, 0.6) is 0 Å². The van der Waals surface area contributed by atoms with E-state index in [0.717, 1.165) is 38.5 Å². The average Bonchev–Trinajstić information content (AvgIpc) is 3.08. The highest BCUT2D eigenvalue weighted by atomic mass is 16.6. The highest BCUT2D eigenvalue weighted by Crippen LogP contribution is 2.14. The van der Waals surface area contributed by atoms with Gasteiger partial charge >= 0.3 is 11.9 Å². The van der Waals surface area contributed by atoms with E-state index in [1.165, 1.54) is 122 Å². The molecule has 0 aromatic heterocycles. The van der Waals surface area contributed by atoms with Crippen molar-refractivity contribution in [1.82, 2.24) is 0 Å². The van der Waals surface area contributed by atoms with Gasteiger partial charge in [-0.3, -0.25) is 9.59 Å². The average molecular weight is 724 g/mol. The highest BCUT2D eigenvalue weighted by Gasteiger charge is 2.25. The van der Waals surface area contributed by atoms with E-state index >= 15 is 0 Å². The summed E-state index contributed by atoms with van der Waals surface area (Å²) in [4.78, 5) is 36.7. The van der Waals surface area contributed by atoms with Gasteiger partial charge in [0.1, 0.15) is 12.6 Å². The molecule has 8 nitrogen and oxygen atoms in total. The van der Waals surface area contributed by atoms with Gasteiger partial charge in [0.05, 0.1) is 40.3 Å². The maximum absolute atomic E-state index is 12.7. The summed E-state index contributed by atoms with van der Waals surface area (Å²) < 4.78 is 17.1. The Balaban J connectivity index is 4.32. The first-order valence-corrected chi connectivity index (χ1v) is 21.2. The van der Waals surface area contributed by atoms with Gasteiger partial charge in [0.25, 0.3) is 0 Å². The minimum atomic E-state index is -1.12. The second-order valence-electron chi connectivity index (χ2n) is 15.6. The van der Waals surface area contributed by atoms with Crippen molar-refractivity contribution in [3.05, 3.63) is 12.2 Å². The van der Waals surface area contributed by atoms with E-state index < -0.39 is 18.1 Å². The number of likely N-dealkylation sites (N-methyl/N-ethyl adjacent to an activating group) is 1. The van der Waals surface area contributed by atoms with Crippen LogP contribution in [0.1, 0.15) is 194 Å². The van der Waals surface area contributed by atoms with Crippen molar-refractivity contribution >= 4 is 17.9 Å². The summed E-state index contributed by atoms with van der Waals surface area (Å²) in [6.45, 7) is 4.65. The molecule has 0 saturated carbocycles. The lowest BCUT2D eigenvalue weighted by Crippen LogP contribution is -2.55. The van der Waals surface area contributed by atoms with Gasteiger partial charge in [-0.15, -0.1) is 0 Å². The Kier molecular flexibility index (Phi) is 33.8. The SMILES string of the molecule is CCCCCCCC/C=C\CCCCCCCCCC(=O)OC(COCCC(C(=O)[O-])[N+](C)(C)C)COC(=O)CCCCCCCCCCCC. The highest BCUT2D eigenvalue weighted by molar-refractivity contribution is 5.70. The summed E-state index contributed by atoms with van der Waals surface area (Å²) in [7, 11) is 5.41.